The van der Waals surface area contributed by atoms with E-state index in [1.54, 1.807) is 0 Å². The van der Waals surface area contributed by atoms with Crippen molar-refractivity contribution in [3.05, 3.63) is 5.28 Å². The highest BCUT2D eigenvalue weighted by atomic mass is 35.5. The number of anilines is 1. The van der Waals surface area contributed by atoms with Gasteiger partial charge in [0.25, 0.3) is 0 Å². The monoisotopic (exact) mass is 286 g/mol. The Morgan fingerprint density at radius 1 is 1.26 bits per heavy atom. The maximum atomic E-state index is 9.65. The summed E-state index contributed by atoms with van der Waals surface area (Å²) in [5.41, 5.74) is -0.355. The molecule has 106 valence electrons. The second-order valence-corrected chi connectivity index (χ2v) is 5.11. The fourth-order valence-corrected chi connectivity index (χ4v) is 2.52. The highest BCUT2D eigenvalue weighted by Gasteiger charge is 2.32. The van der Waals surface area contributed by atoms with E-state index in [0.717, 1.165) is 25.7 Å². The summed E-state index contributed by atoms with van der Waals surface area (Å²) in [5.74, 6) is 0.361. The molecule has 0 saturated heterocycles. The van der Waals surface area contributed by atoms with E-state index in [2.05, 4.69) is 20.3 Å². The van der Waals surface area contributed by atoms with E-state index in [-0.39, 0.29) is 23.4 Å². The predicted molar refractivity (Wildman–Crippen MR) is 72.5 cm³/mol. The molecule has 0 radical (unpaired) electrons. The number of aromatic nitrogens is 3. The van der Waals surface area contributed by atoms with E-state index in [4.69, 9.17) is 16.3 Å². The van der Waals surface area contributed by atoms with Crippen LogP contribution in [0.5, 0.6) is 6.01 Å². The Balaban J connectivity index is 2.16. The van der Waals surface area contributed by atoms with Gasteiger partial charge in [-0.2, -0.15) is 15.0 Å². The van der Waals surface area contributed by atoms with Gasteiger partial charge in [0.05, 0.1) is 18.8 Å². The van der Waals surface area contributed by atoms with Gasteiger partial charge in [-0.05, 0) is 31.4 Å². The molecule has 0 atom stereocenters. The molecule has 0 aliphatic heterocycles. The fraction of sp³-hybridized carbons (Fsp3) is 0.750. The van der Waals surface area contributed by atoms with Crippen molar-refractivity contribution in [2.24, 2.45) is 0 Å². The van der Waals surface area contributed by atoms with Crippen LogP contribution in [0.1, 0.15) is 39.0 Å². The molecule has 1 aromatic heterocycles. The summed E-state index contributed by atoms with van der Waals surface area (Å²) >= 11 is 5.85. The molecule has 6 nitrogen and oxygen atoms in total. The van der Waals surface area contributed by atoms with Gasteiger partial charge in [-0.25, -0.2) is 0 Å². The molecule has 0 bridgehead atoms. The normalized spacial score (nSPS) is 18.1. The third kappa shape index (κ3) is 3.67. The average molecular weight is 287 g/mol. The van der Waals surface area contributed by atoms with Crippen LogP contribution in [-0.4, -0.2) is 38.8 Å². The highest BCUT2D eigenvalue weighted by Crippen LogP contribution is 2.30. The molecule has 7 heteroatoms. The third-order valence-electron chi connectivity index (χ3n) is 3.35. The summed E-state index contributed by atoms with van der Waals surface area (Å²) in [6.07, 6.45) is 5.18. The molecule has 0 amide bonds. The Bertz CT molecular complexity index is 424. The van der Waals surface area contributed by atoms with Gasteiger partial charge in [-0.15, -0.1) is 0 Å². The number of aliphatic hydroxyl groups excluding tert-OH is 1. The van der Waals surface area contributed by atoms with E-state index < -0.39 is 0 Å². The lowest BCUT2D eigenvalue weighted by molar-refractivity contribution is 0.172. The van der Waals surface area contributed by atoms with Crippen molar-refractivity contribution >= 4 is 17.5 Å². The van der Waals surface area contributed by atoms with Gasteiger partial charge in [0, 0.05) is 0 Å². The summed E-state index contributed by atoms with van der Waals surface area (Å²) in [5, 5.41) is 12.9. The third-order valence-corrected chi connectivity index (χ3v) is 3.52. The SMILES string of the molecule is CCOc1nc(Cl)nc(NC2(CO)CCCCC2)n1. The molecular formula is C12H19ClN4O2. The first-order chi connectivity index (χ1) is 9.17. The van der Waals surface area contributed by atoms with Crippen LogP contribution >= 0.6 is 11.6 Å². The highest BCUT2D eigenvalue weighted by molar-refractivity contribution is 6.28. The van der Waals surface area contributed by atoms with Crippen LogP contribution in [0.15, 0.2) is 0 Å². The van der Waals surface area contributed by atoms with Crippen molar-refractivity contribution in [2.75, 3.05) is 18.5 Å². The van der Waals surface area contributed by atoms with Gasteiger partial charge in [-0.1, -0.05) is 19.3 Å². The van der Waals surface area contributed by atoms with E-state index >= 15 is 0 Å². The second kappa shape index (κ2) is 6.34. The van der Waals surface area contributed by atoms with Crippen molar-refractivity contribution in [3.8, 4) is 6.01 Å². The molecule has 2 N–H and O–H groups in total. The Hall–Kier alpha value is -1.14. The Morgan fingerprint density at radius 2 is 2.00 bits per heavy atom. The lowest BCUT2D eigenvalue weighted by Gasteiger charge is -2.36. The lowest BCUT2D eigenvalue weighted by Crippen LogP contribution is -2.44. The average Bonchev–Trinajstić information content (AvgIpc) is 2.39. The molecule has 0 unspecified atom stereocenters. The summed E-state index contributed by atoms with van der Waals surface area (Å²) in [6.45, 7) is 2.37. The smallest absolute Gasteiger partial charge is 0.322 e. The minimum Gasteiger partial charge on any atom is -0.464 e. The van der Waals surface area contributed by atoms with Gasteiger partial charge >= 0.3 is 6.01 Å². The zero-order chi connectivity index (χ0) is 13.7. The zero-order valence-corrected chi connectivity index (χ0v) is 11.8. The van der Waals surface area contributed by atoms with Crippen molar-refractivity contribution in [2.45, 2.75) is 44.6 Å². The van der Waals surface area contributed by atoms with Gasteiger partial charge in [-0.3, -0.25) is 0 Å². The minimum absolute atomic E-state index is 0.0558. The van der Waals surface area contributed by atoms with Crippen LogP contribution in [0.25, 0.3) is 0 Å². The molecule has 1 heterocycles. The largest absolute Gasteiger partial charge is 0.464 e. The summed E-state index contributed by atoms with van der Waals surface area (Å²) in [7, 11) is 0. The van der Waals surface area contributed by atoms with E-state index in [9.17, 15) is 5.11 Å². The molecule has 1 aliphatic carbocycles. The van der Waals surface area contributed by atoms with Gasteiger partial charge < -0.3 is 15.2 Å². The minimum atomic E-state index is -0.355. The van der Waals surface area contributed by atoms with Crippen LogP contribution in [0, 0.1) is 0 Å². The Morgan fingerprint density at radius 3 is 2.63 bits per heavy atom. The van der Waals surface area contributed by atoms with Gasteiger partial charge in [0.15, 0.2) is 0 Å². The molecule has 2 rings (SSSR count). The fourth-order valence-electron chi connectivity index (χ4n) is 2.37. The second-order valence-electron chi connectivity index (χ2n) is 4.77. The van der Waals surface area contributed by atoms with Gasteiger partial charge in [0.2, 0.25) is 11.2 Å². The first-order valence-corrected chi connectivity index (χ1v) is 6.99. The van der Waals surface area contributed by atoms with Gasteiger partial charge in [0.1, 0.15) is 0 Å². The lowest BCUT2D eigenvalue weighted by atomic mass is 9.82. The number of hydrogen-bond acceptors (Lipinski definition) is 6. The van der Waals surface area contributed by atoms with Crippen LogP contribution in [0.2, 0.25) is 5.28 Å². The molecule has 0 spiro atoms. The summed E-state index contributed by atoms with van der Waals surface area (Å²) in [4.78, 5) is 12.1. The number of rotatable bonds is 5. The molecule has 0 aromatic carbocycles. The standard InChI is InChI=1S/C12H19ClN4O2/c1-2-19-11-15-9(13)14-10(16-11)17-12(8-18)6-4-3-5-7-12/h18H,2-8H2,1H3,(H,14,15,16,17). The number of aliphatic hydroxyl groups is 1. The first-order valence-electron chi connectivity index (χ1n) is 6.61. The molecule has 1 aliphatic rings. The molecule has 1 aromatic rings. The van der Waals surface area contributed by atoms with E-state index in [0.29, 0.717) is 12.6 Å². The predicted octanol–water partition coefficient (Wildman–Crippen LogP) is 2.03. The first kappa shape index (κ1) is 14.3. The maximum Gasteiger partial charge on any atom is 0.322 e. The van der Waals surface area contributed by atoms with Crippen molar-refractivity contribution in [1.29, 1.82) is 0 Å². The quantitative estimate of drug-likeness (QED) is 0.862. The maximum absolute atomic E-state index is 9.65. The van der Waals surface area contributed by atoms with Crippen molar-refractivity contribution in [3.63, 3.8) is 0 Å². The Labute approximate surface area is 117 Å². The topological polar surface area (TPSA) is 80.2 Å². The number of nitrogens with zero attached hydrogens (tertiary/aromatic N) is 3. The molecule has 19 heavy (non-hydrogen) atoms. The van der Waals surface area contributed by atoms with Crippen LogP contribution in [0.3, 0.4) is 0 Å². The van der Waals surface area contributed by atoms with E-state index in [1.807, 2.05) is 6.92 Å². The summed E-state index contributed by atoms with van der Waals surface area (Å²) in [6, 6.07) is 0.203. The number of nitrogens with one attached hydrogen (secondary N) is 1. The number of halogens is 1. The zero-order valence-electron chi connectivity index (χ0n) is 11.0. The van der Waals surface area contributed by atoms with Crippen molar-refractivity contribution < 1.29 is 9.84 Å². The van der Waals surface area contributed by atoms with Crippen LogP contribution in [0.4, 0.5) is 5.95 Å². The number of ether oxygens (including phenoxy) is 1. The molecular weight excluding hydrogens is 268 g/mol. The summed E-state index contributed by atoms with van der Waals surface area (Å²) < 4.78 is 5.23. The van der Waals surface area contributed by atoms with Crippen LogP contribution in [-0.2, 0) is 0 Å². The number of hydrogen-bond donors (Lipinski definition) is 2. The molecule has 1 saturated carbocycles. The van der Waals surface area contributed by atoms with Crippen LogP contribution < -0.4 is 10.1 Å². The Kier molecular flexibility index (Phi) is 4.76. The molecule has 1 fully saturated rings. The van der Waals surface area contributed by atoms with Crippen molar-refractivity contribution in [1.82, 2.24) is 15.0 Å². The van der Waals surface area contributed by atoms with E-state index in [1.165, 1.54) is 6.42 Å².